The highest BCUT2D eigenvalue weighted by Gasteiger charge is 2.06. The van der Waals surface area contributed by atoms with Gasteiger partial charge >= 0.3 is 0 Å². The Morgan fingerprint density at radius 2 is 1.60 bits per heavy atom. The van der Waals surface area contributed by atoms with E-state index < -0.39 is 0 Å². The van der Waals surface area contributed by atoms with Gasteiger partial charge in [0, 0.05) is 11.9 Å². The summed E-state index contributed by atoms with van der Waals surface area (Å²) < 4.78 is 0. The van der Waals surface area contributed by atoms with Crippen molar-refractivity contribution in [3.63, 3.8) is 0 Å². The van der Waals surface area contributed by atoms with Gasteiger partial charge in [-0.25, -0.2) is 0 Å². The van der Waals surface area contributed by atoms with Crippen LogP contribution in [0.3, 0.4) is 0 Å². The van der Waals surface area contributed by atoms with Crippen molar-refractivity contribution in [2.45, 2.75) is 25.7 Å². The summed E-state index contributed by atoms with van der Waals surface area (Å²) in [5.74, 6) is 0. The average Bonchev–Trinajstić information content (AvgIpc) is 2.17. The van der Waals surface area contributed by atoms with Gasteiger partial charge in [0.1, 0.15) is 0 Å². The van der Waals surface area contributed by atoms with Crippen LogP contribution in [-0.4, -0.2) is 29.9 Å². The molecule has 1 heterocycles. The standard InChI is InChI=1S/C8H16BrN/c9-5-8-10-6-3-1-2-4-7-10/h1-8H2. The Bertz CT molecular complexity index is 77.3. The molecule has 1 saturated heterocycles. The van der Waals surface area contributed by atoms with Crippen molar-refractivity contribution in [1.29, 1.82) is 0 Å². The summed E-state index contributed by atoms with van der Waals surface area (Å²) in [6, 6.07) is 0. The molecule has 2 heteroatoms. The Labute approximate surface area is 71.9 Å². The van der Waals surface area contributed by atoms with Gasteiger partial charge in [-0.15, -0.1) is 0 Å². The maximum atomic E-state index is 3.47. The molecular weight excluding hydrogens is 190 g/mol. The van der Waals surface area contributed by atoms with E-state index in [1.807, 2.05) is 0 Å². The fourth-order valence-electron chi connectivity index (χ4n) is 1.48. The van der Waals surface area contributed by atoms with Crippen LogP contribution in [-0.2, 0) is 0 Å². The van der Waals surface area contributed by atoms with Crippen molar-refractivity contribution in [2.75, 3.05) is 25.0 Å². The molecule has 0 saturated carbocycles. The molecule has 10 heavy (non-hydrogen) atoms. The van der Waals surface area contributed by atoms with Gasteiger partial charge in [0.25, 0.3) is 0 Å². The van der Waals surface area contributed by atoms with Crippen LogP contribution < -0.4 is 0 Å². The summed E-state index contributed by atoms with van der Waals surface area (Å²) in [7, 11) is 0. The molecule has 60 valence electrons. The third-order valence-corrected chi connectivity index (χ3v) is 2.45. The largest absolute Gasteiger partial charge is 0.303 e. The molecule has 0 aromatic carbocycles. The highest BCUT2D eigenvalue weighted by atomic mass is 79.9. The molecule has 1 fully saturated rings. The average molecular weight is 206 g/mol. The zero-order valence-electron chi connectivity index (χ0n) is 6.48. The molecule has 1 aliphatic heterocycles. The molecule has 0 radical (unpaired) electrons. The van der Waals surface area contributed by atoms with Crippen LogP contribution in [0.4, 0.5) is 0 Å². The molecule has 0 bridgehead atoms. The van der Waals surface area contributed by atoms with E-state index in [-0.39, 0.29) is 0 Å². The van der Waals surface area contributed by atoms with E-state index in [0.717, 1.165) is 5.33 Å². The van der Waals surface area contributed by atoms with E-state index in [2.05, 4.69) is 20.8 Å². The van der Waals surface area contributed by atoms with E-state index in [1.54, 1.807) is 0 Å². The van der Waals surface area contributed by atoms with E-state index >= 15 is 0 Å². The van der Waals surface area contributed by atoms with Crippen molar-refractivity contribution in [3.05, 3.63) is 0 Å². The van der Waals surface area contributed by atoms with Crippen LogP contribution in [0.25, 0.3) is 0 Å². The molecule has 1 rings (SSSR count). The van der Waals surface area contributed by atoms with Gasteiger partial charge in [-0.3, -0.25) is 0 Å². The molecule has 0 aromatic heterocycles. The lowest BCUT2D eigenvalue weighted by molar-refractivity contribution is 0.304. The van der Waals surface area contributed by atoms with Gasteiger partial charge in [-0.1, -0.05) is 28.8 Å². The van der Waals surface area contributed by atoms with Gasteiger partial charge in [0.2, 0.25) is 0 Å². The van der Waals surface area contributed by atoms with Crippen molar-refractivity contribution in [3.8, 4) is 0 Å². The Balaban J connectivity index is 2.15. The highest BCUT2D eigenvalue weighted by molar-refractivity contribution is 9.09. The molecular formula is C8H16BrN. The smallest absolute Gasteiger partial charge is 0.0159 e. The fraction of sp³-hybridized carbons (Fsp3) is 1.00. The molecule has 0 amide bonds. The van der Waals surface area contributed by atoms with Crippen molar-refractivity contribution in [2.24, 2.45) is 0 Å². The molecule has 0 spiro atoms. The number of nitrogens with zero attached hydrogens (tertiary/aromatic N) is 1. The van der Waals surface area contributed by atoms with E-state index in [0.29, 0.717) is 0 Å². The highest BCUT2D eigenvalue weighted by Crippen LogP contribution is 2.09. The minimum Gasteiger partial charge on any atom is -0.303 e. The molecule has 1 nitrogen and oxygen atoms in total. The van der Waals surface area contributed by atoms with Crippen LogP contribution in [0.2, 0.25) is 0 Å². The zero-order valence-corrected chi connectivity index (χ0v) is 8.07. The maximum Gasteiger partial charge on any atom is 0.0159 e. The summed E-state index contributed by atoms with van der Waals surface area (Å²) >= 11 is 3.47. The Morgan fingerprint density at radius 1 is 1.00 bits per heavy atom. The summed E-state index contributed by atoms with van der Waals surface area (Å²) in [5.41, 5.74) is 0. The summed E-state index contributed by atoms with van der Waals surface area (Å²) in [6.45, 7) is 3.89. The quantitative estimate of drug-likeness (QED) is 0.626. The summed E-state index contributed by atoms with van der Waals surface area (Å²) in [6.07, 6.45) is 5.71. The second kappa shape index (κ2) is 5.14. The lowest BCUT2D eigenvalue weighted by Crippen LogP contribution is -2.26. The van der Waals surface area contributed by atoms with Gasteiger partial charge in [-0.05, 0) is 25.9 Å². The van der Waals surface area contributed by atoms with Crippen LogP contribution in [0.1, 0.15) is 25.7 Å². The Kier molecular flexibility index (Phi) is 4.39. The predicted molar refractivity (Wildman–Crippen MR) is 48.7 cm³/mol. The van der Waals surface area contributed by atoms with Crippen LogP contribution in [0, 0.1) is 0 Å². The number of hydrogen-bond acceptors (Lipinski definition) is 1. The fourth-order valence-corrected chi connectivity index (χ4v) is 1.98. The monoisotopic (exact) mass is 205 g/mol. The first-order chi connectivity index (χ1) is 4.93. The number of halogens is 1. The third-order valence-electron chi connectivity index (χ3n) is 2.10. The van der Waals surface area contributed by atoms with Crippen molar-refractivity contribution < 1.29 is 0 Å². The molecule has 0 aliphatic carbocycles. The first-order valence-corrected chi connectivity index (χ1v) is 5.34. The molecule has 0 unspecified atom stereocenters. The van der Waals surface area contributed by atoms with Gasteiger partial charge in [0.15, 0.2) is 0 Å². The van der Waals surface area contributed by atoms with Crippen LogP contribution in [0.5, 0.6) is 0 Å². The second-order valence-electron chi connectivity index (χ2n) is 2.94. The Hall–Kier alpha value is 0.440. The topological polar surface area (TPSA) is 3.24 Å². The predicted octanol–water partition coefficient (Wildman–Crippen LogP) is 2.26. The zero-order chi connectivity index (χ0) is 7.23. The first kappa shape index (κ1) is 8.54. The number of likely N-dealkylation sites (tertiary alicyclic amines) is 1. The van der Waals surface area contributed by atoms with E-state index in [4.69, 9.17) is 0 Å². The van der Waals surface area contributed by atoms with Crippen molar-refractivity contribution >= 4 is 15.9 Å². The number of alkyl halides is 1. The minimum absolute atomic E-state index is 1.13. The SMILES string of the molecule is BrCCN1CCCCCC1. The lowest BCUT2D eigenvalue weighted by Gasteiger charge is -2.17. The normalized spacial score (nSPS) is 22.5. The molecule has 0 aromatic rings. The molecule has 0 N–H and O–H groups in total. The Morgan fingerprint density at radius 3 is 2.10 bits per heavy atom. The minimum atomic E-state index is 1.13. The third kappa shape index (κ3) is 3.02. The van der Waals surface area contributed by atoms with Gasteiger partial charge in [0.05, 0.1) is 0 Å². The summed E-state index contributed by atoms with van der Waals surface area (Å²) in [4.78, 5) is 2.56. The maximum absolute atomic E-state index is 3.47. The van der Waals surface area contributed by atoms with E-state index in [9.17, 15) is 0 Å². The number of hydrogen-bond donors (Lipinski definition) is 0. The molecule has 1 aliphatic rings. The van der Waals surface area contributed by atoms with Crippen LogP contribution in [0.15, 0.2) is 0 Å². The summed E-state index contributed by atoms with van der Waals surface area (Å²) in [5, 5.41) is 1.13. The van der Waals surface area contributed by atoms with Gasteiger partial charge < -0.3 is 4.90 Å². The first-order valence-electron chi connectivity index (χ1n) is 4.22. The lowest BCUT2D eigenvalue weighted by atomic mass is 10.2. The number of rotatable bonds is 2. The molecule has 0 atom stereocenters. The van der Waals surface area contributed by atoms with Crippen molar-refractivity contribution in [1.82, 2.24) is 4.90 Å². The van der Waals surface area contributed by atoms with E-state index in [1.165, 1.54) is 45.3 Å². The van der Waals surface area contributed by atoms with Crippen LogP contribution >= 0.6 is 15.9 Å². The van der Waals surface area contributed by atoms with Gasteiger partial charge in [-0.2, -0.15) is 0 Å². The second-order valence-corrected chi connectivity index (χ2v) is 3.74.